The molecular weight excluding hydrogens is 350 g/mol. The molecule has 1 atom stereocenters. The van der Waals surface area contributed by atoms with E-state index < -0.39 is 0 Å². The highest BCUT2D eigenvalue weighted by atomic mass is 16.7. The first-order chi connectivity index (χ1) is 13.1. The number of ether oxygens (including phenoxy) is 3. The van der Waals surface area contributed by atoms with Crippen LogP contribution in [0.4, 0.5) is 0 Å². The summed E-state index contributed by atoms with van der Waals surface area (Å²) >= 11 is 0. The smallest absolute Gasteiger partial charge is 0.275 e. The maximum Gasteiger partial charge on any atom is 0.275 e. The molecule has 8 heteroatoms. The van der Waals surface area contributed by atoms with E-state index in [9.17, 15) is 4.79 Å². The number of benzene rings is 1. The molecule has 1 fully saturated rings. The molecule has 0 radical (unpaired) electrons. The third-order valence-electron chi connectivity index (χ3n) is 5.01. The summed E-state index contributed by atoms with van der Waals surface area (Å²) in [5.41, 5.74) is 0.318. The van der Waals surface area contributed by atoms with Gasteiger partial charge in [-0.3, -0.25) is 9.69 Å². The van der Waals surface area contributed by atoms with Gasteiger partial charge in [0.05, 0.1) is 0 Å². The number of carbonyl (C=O) groups excluding carboxylic acids is 1. The van der Waals surface area contributed by atoms with Crippen molar-refractivity contribution in [3.05, 3.63) is 36.0 Å². The lowest BCUT2D eigenvalue weighted by Crippen LogP contribution is -2.53. The number of fused-ring (bicyclic) bond motifs is 1. The fraction of sp³-hybridized carbons (Fsp3) is 0.474. The molecule has 0 spiro atoms. The van der Waals surface area contributed by atoms with E-state index in [-0.39, 0.29) is 19.3 Å². The maximum absolute atomic E-state index is 12.7. The van der Waals surface area contributed by atoms with Gasteiger partial charge in [0.1, 0.15) is 12.0 Å². The summed E-state index contributed by atoms with van der Waals surface area (Å²) < 4.78 is 21.7. The number of hydrogen-bond acceptors (Lipinski definition) is 7. The first-order valence-corrected chi connectivity index (χ1v) is 9.10. The van der Waals surface area contributed by atoms with Crippen molar-refractivity contribution in [2.24, 2.45) is 0 Å². The third kappa shape index (κ3) is 3.71. The van der Waals surface area contributed by atoms with Crippen LogP contribution in [-0.2, 0) is 6.61 Å². The molecular formula is C19H23N3O5. The Morgan fingerprint density at radius 1 is 1.30 bits per heavy atom. The summed E-state index contributed by atoms with van der Waals surface area (Å²) in [6, 6.07) is 5.72. The molecule has 3 heterocycles. The van der Waals surface area contributed by atoms with Crippen LogP contribution in [0.3, 0.4) is 0 Å². The second-order valence-electron chi connectivity index (χ2n) is 6.72. The summed E-state index contributed by atoms with van der Waals surface area (Å²) in [4.78, 5) is 21.1. The van der Waals surface area contributed by atoms with Gasteiger partial charge in [-0.1, -0.05) is 6.92 Å². The fourth-order valence-corrected chi connectivity index (χ4v) is 3.32. The lowest BCUT2D eigenvalue weighted by molar-refractivity contribution is 0.0536. The van der Waals surface area contributed by atoms with Crippen molar-refractivity contribution in [2.45, 2.75) is 26.0 Å². The summed E-state index contributed by atoms with van der Waals surface area (Å²) in [7, 11) is 2.09. The Labute approximate surface area is 157 Å². The van der Waals surface area contributed by atoms with Crippen LogP contribution in [0.1, 0.15) is 29.7 Å². The highest BCUT2D eigenvalue weighted by molar-refractivity contribution is 5.92. The zero-order valence-corrected chi connectivity index (χ0v) is 15.5. The first kappa shape index (κ1) is 17.7. The number of carbonyl (C=O) groups is 1. The molecule has 0 unspecified atom stereocenters. The average molecular weight is 373 g/mol. The number of nitrogens with zero attached hydrogens (tertiary/aromatic N) is 3. The molecule has 1 amide bonds. The van der Waals surface area contributed by atoms with Gasteiger partial charge in [0.2, 0.25) is 12.7 Å². The molecule has 0 bridgehead atoms. The summed E-state index contributed by atoms with van der Waals surface area (Å²) in [6.45, 7) is 4.75. The number of piperazine rings is 1. The normalized spacial score (nSPS) is 19.3. The number of amides is 1. The predicted octanol–water partition coefficient (Wildman–Crippen LogP) is 2.15. The van der Waals surface area contributed by atoms with Crippen LogP contribution < -0.4 is 14.2 Å². The maximum atomic E-state index is 12.7. The van der Waals surface area contributed by atoms with E-state index in [1.165, 1.54) is 6.26 Å². The Morgan fingerprint density at radius 3 is 3.00 bits per heavy atom. The quantitative estimate of drug-likeness (QED) is 0.795. The van der Waals surface area contributed by atoms with Crippen molar-refractivity contribution >= 4 is 5.91 Å². The van der Waals surface area contributed by atoms with Crippen molar-refractivity contribution in [2.75, 3.05) is 33.5 Å². The van der Waals surface area contributed by atoms with Gasteiger partial charge in [-0.05, 0) is 25.6 Å². The molecule has 2 aliphatic heterocycles. The van der Waals surface area contributed by atoms with Gasteiger partial charge in [-0.15, -0.1) is 0 Å². The zero-order valence-electron chi connectivity index (χ0n) is 15.5. The van der Waals surface area contributed by atoms with E-state index in [1.807, 2.05) is 4.90 Å². The van der Waals surface area contributed by atoms with Gasteiger partial charge in [-0.2, -0.15) is 0 Å². The monoisotopic (exact) mass is 373 g/mol. The molecule has 0 saturated carbocycles. The van der Waals surface area contributed by atoms with E-state index in [0.29, 0.717) is 48.0 Å². The standard InChI is InChI=1S/C19H23N3O5/c1-3-13-9-22(7-6-21(13)2)19(23)15-10-25-18(20-15)11-24-14-4-5-16-17(8-14)27-12-26-16/h4-5,8,10,13H,3,6-7,9,11-12H2,1-2H3/t13-/m0/s1. The van der Waals surface area contributed by atoms with Crippen LogP contribution in [0, 0.1) is 0 Å². The van der Waals surface area contributed by atoms with Crippen molar-refractivity contribution in [3.63, 3.8) is 0 Å². The number of likely N-dealkylation sites (N-methyl/N-ethyl adjacent to an activating group) is 1. The van der Waals surface area contributed by atoms with Crippen LogP contribution in [0.25, 0.3) is 0 Å². The molecule has 1 saturated heterocycles. The number of oxazole rings is 1. The minimum absolute atomic E-state index is 0.0976. The molecule has 2 aromatic rings. The second kappa shape index (κ2) is 7.48. The van der Waals surface area contributed by atoms with Crippen LogP contribution >= 0.6 is 0 Å². The molecule has 0 aliphatic carbocycles. The number of hydrogen-bond donors (Lipinski definition) is 0. The van der Waals surface area contributed by atoms with E-state index in [0.717, 1.165) is 13.0 Å². The highest BCUT2D eigenvalue weighted by Gasteiger charge is 2.28. The molecule has 144 valence electrons. The van der Waals surface area contributed by atoms with Crippen LogP contribution in [0.5, 0.6) is 17.2 Å². The number of aromatic nitrogens is 1. The van der Waals surface area contributed by atoms with Crippen LogP contribution in [0.15, 0.2) is 28.9 Å². The fourth-order valence-electron chi connectivity index (χ4n) is 3.32. The summed E-state index contributed by atoms with van der Waals surface area (Å²) in [6.07, 6.45) is 2.41. The van der Waals surface area contributed by atoms with Crippen molar-refractivity contribution in [3.8, 4) is 17.2 Å². The molecule has 8 nitrogen and oxygen atoms in total. The van der Waals surface area contributed by atoms with Crippen LogP contribution in [-0.4, -0.2) is 60.2 Å². The van der Waals surface area contributed by atoms with Crippen molar-refractivity contribution in [1.82, 2.24) is 14.8 Å². The van der Waals surface area contributed by atoms with E-state index in [4.69, 9.17) is 18.6 Å². The number of rotatable bonds is 5. The van der Waals surface area contributed by atoms with Gasteiger partial charge in [0, 0.05) is 31.7 Å². The highest BCUT2D eigenvalue weighted by Crippen LogP contribution is 2.35. The minimum Gasteiger partial charge on any atom is -0.484 e. The third-order valence-corrected chi connectivity index (χ3v) is 5.01. The Morgan fingerprint density at radius 2 is 2.15 bits per heavy atom. The van der Waals surface area contributed by atoms with Gasteiger partial charge in [0.25, 0.3) is 5.91 Å². The minimum atomic E-state index is -0.0976. The molecule has 1 aromatic carbocycles. The summed E-state index contributed by atoms with van der Waals surface area (Å²) in [5, 5.41) is 0. The Balaban J connectivity index is 1.36. The van der Waals surface area contributed by atoms with Crippen molar-refractivity contribution < 1.29 is 23.4 Å². The van der Waals surface area contributed by atoms with Crippen LogP contribution in [0.2, 0.25) is 0 Å². The van der Waals surface area contributed by atoms with E-state index in [2.05, 4.69) is 23.9 Å². The summed E-state index contributed by atoms with van der Waals surface area (Å²) in [5.74, 6) is 2.23. The second-order valence-corrected chi connectivity index (χ2v) is 6.72. The first-order valence-electron chi connectivity index (χ1n) is 9.10. The van der Waals surface area contributed by atoms with E-state index >= 15 is 0 Å². The topological polar surface area (TPSA) is 77.3 Å². The Bertz CT molecular complexity index is 821. The largest absolute Gasteiger partial charge is 0.484 e. The SMILES string of the molecule is CC[C@H]1CN(C(=O)c2coc(COc3ccc4c(c3)OCO4)n2)CCN1C. The van der Waals surface area contributed by atoms with E-state index in [1.54, 1.807) is 18.2 Å². The molecule has 1 aromatic heterocycles. The average Bonchev–Trinajstić information content (AvgIpc) is 3.35. The predicted molar refractivity (Wildman–Crippen MR) is 96.0 cm³/mol. The Hall–Kier alpha value is -2.74. The van der Waals surface area contributed by atoms with Gasteiger partial charge < -0.3 is 23.5 Å². The zero-order chi connectivity index (χ0) is 18.8. The van der Waals surface area contributed by atoms with Gasteiger partial charge in [0.15, 0.2) is 23.8 Å². The lowest BCUT2D eigenvalue weighted by Gasteiger charge is -2.38. The van der Waals surface area contributed by atoms with Gasteiger partial charge in [-0.25, -0.2) is 4.98 Å². The molecule has 0 N–H and O–H groups in total. The van der Waals surface area contributed by atoms with Gasteiger partial charge >= 0.3 is 0 Å². The molecule has 4 rings (SSSR count). The lowest BCUT2D eigenvalue weighted by atomic mass is 10.1. The molecule has 27 heavy (non-hydrogen) atoms. The van der Waals surface area contributed by atoms with Crippen molar-refractivity contribution in [1.29, 1.82) is 0 Å². The molecule has 2 aliphatic rings. The Kier molecular flexibility index (Phi) is 4.89.